The summed E-state index contributed by atoms with van der Waals surface area (Å²) < 4.78 is 0. The molecule has 0 radical (unpaired) electrons. The van der Waals surface area contributed by atoms with Crippen LogP contribution in [-0.4, -0.2) is 23.0 Å². The minimum Gasteiger partial charge on any atom is -0.362 e. The third-order valence-electron chi connectivity index (χ3n) is 3.34. The third kappa shape index (κ3) is 2.62. The fraction of sp³-hybridized carbons (Fsp3) is 0.500. The van der Waals surface area contributed by atoms with Gasteiger partial charge in [0.15, 0.2) is 0 Å². The first-order valence-corrected chi connectivity index (χ1v) is 6.43. The van der Waals surface area contributed by atoms with Crippen molar-refractivity contribution in [2.45, 2.75) is 26.7 Å². The van der Waals surface area contributed by atoms with Crippen LogP contribution in [-0.2, 0) is 0 Å². The Kier molecular flexibility index (Phi) is 3.59. The van der Waals surface area contributed by atoms with Crippen molar-refractivity contribution in [1.82, 2.24) is 4.90 Å². The second-order valence-corrected chi connectivity index (χ2v) is 5.23. The maximum absolute atomic E-state index is 5.56. The molecule has 0 atom stereocenters. The van der Waals surface area contributed by atoms with Crippen LogP contribution in [0.25, 0.3) is 0 Å². The molecular formula is C14H19NS. The summed E-state index contributed by atoms with van der Waals surface area (Å²) in [5.41, 5.74) is 2.48. The molecule has 1 heterocycles. The third-order valence-corrected chi connectivity index (χ3v) is 3.83. The minimum absolute atomic E-state index is 0.858. The number of piperidine rings is 1. The molecule has 0 saturated carbocycles. The van der Waals surface area contributed by atoms with Crippen LogP contribution >= 0.6 is 12.2 Å². The molecule has 2 heteroatoms. The lowest BCUT2D eigenvalue weighted by molar-refractivity contribution is 0.284. The number of aryl methyl sites for hydroxylation is 1. The smallest absolute Gasteiger partial charge is 0.109 e. The molecule has 1 aliphatic rings. The number of thiocarbonyl (C=S) groups is 1. The molecule has 0 spiro atoms. The largest absolute Gasteiger partial charge is 0.362 e. The Hall–Kier alpha value is -0.890. The summed E-state index contributed by atoms with van der Waals surface area (Å²) in [6.45, 7) is 6.68. The predicted molar refractivity (Wildman–Crippen MR) is 72.9 cm³/mol. The van der Waals surface area contributed by atoms with Gasteiger partial charge in [0, 0.05) is 18.7 Å². The summed E-state index contributed by atoms with van der Waals surface area (Å²) >= 11 is 5.56. The van der Waals surface area contributed by atoms with Crippen LogP contribution in [0, 0.1) is 12.8 Å². The van der Waals surface area contributed by atoms with E-state index in [2.05, 4.69) is 43.0 Å². The zero-order valence-corrected chi connectivity index (χ0v) is 10.9. The van der Waals surface area contributed by atoms with Crippen molar-refractivity contribution >= 4 is 17.2 Å². The molecule has 86 valence electrons. The van der Waals surface area contributed by atoms with Gasteiger partial charge < -0.3 is 4.90 Å². The van der Waals surface area contributed by atoms with Gasteiger partial charge in [0.2, 0.25) is 0 Å². The zero-order chi connectivity index (χ0) is 11.5. The number of hydrogen-bond donors (Lipinski definition) is 0. The Labute approximate surface area is 103 Å². The number of nitrogens with zero attached hydrogens (tertiary/aromatic N) is 1. The standard InChI is InChI=1S/C14H19NS/c1-11-6-8-15(9-7-11)14(16)13-5-3-4-12(2)10-13/h3-5,10-11H,6-9H2,1-2H3. The second kappa shape index (κ2) is 4.96. The van der Waals surface area contributed by atoms with Crippen LogP contribution in [0.3, 0.4) is 0 Å². The van der Waals surface area contributed by atoms with Crippen molar-refractivity contribution in [3.05, 3.63) is 35.4 Å². The van der Waals surface area contributed by atoms with E-state index in [1.54, 1.807) is 0 Å². The topological polar surface area (TPSA) is 3.24 Å². The molecule has 0 aromatic heterocycles. The van der Waals surface area contributed by atoms with E-state index in [1.807, 2.05) is 0 Å². The Morgan fingerprint density at radius 1 is 1.31 bits per heavy atom. The lowest BCUT2D eigenvalue weighted by Crippen LogP contribution is -2.37. The average molecular weight is 233 g/mol. The summed E-state index contributed by atoms with van der Waals surface area (Å²) in [7, 11) is 0. The normalized spacial score (nSPS) is 17.5. The van der Waals surface area contributed by atoms with Crippen LogP contribution in [0.5, 0.6) is 0 Å². The Morgan fingerprint density at radius 2 is 2.00 bits per heavy atom. The van der Waals surface area contributed by atoms with Crippen molar-refractivity contribution in [2.75, 3.05) is 13.1 Å². The molecule has 1 fully saturated rings. The molecule has 1 aromatic carbocycles. The maximum Gasteiger partial charge on any atom is 0.109 e. The van der Waals surface area contributed by atoms with Crippen molar-refractivity contribution in [3.63, 3.8) is 0 Å². The van der Waals surface area contributed by atoms with Crippen molar-refractivity contribution < 1.29 is 0 Å². The van der Waals surface area contributed by atoms with E-state index in [0.29, 0.717) is 0 Å². The molecule has 2 rings (SSSR count). The van der Waals surface area contributed by atoms with E-state index < -0.39 is 0 Å². The Balaban J connectivity index is 2.08. The molecule has 0 bridgehead atoms. The molecule has 0 amide bonds. The van der Waals surface area contributed by atoms with Gasteiger partial charge >= 0.3 is 0 Å². The summed E-state index contributed by atoms with van der Waals surface area (Å²) in [6.07, 6.45) is 2.54. The predicted octanol–water partition coefficient (Wildman–Crippen LogP) is 3.40. The molecule has 1 saturated heterocycles. The summed E-state index contributed by atoms with van der Waals surface area (Å²) in [6, 6.07) is 8.50. The van der Waals surface area contributed by atoms with Gasteiger partial charge in [0.05, 0.1) is 0 Å². The molecular weight excluding hydrogens is 214 g/mol. The molecule has 0 unspecified atom stereocenters. The molecule has 0 aliphatic carbocycles. The van der Waals surface area contributed by atoms with Gasteiger partial charge in [-0.2, -0.15) is 0 Å². The van der Waals surface area contributed by atoms with Crippen molar-refractivity contribution in [3.8, 4) is 0 Å². The van der Waals surface area contributed by atoms with Gasteiger partial charge in [0.1, 0.15) is 4.99 Å². The number of rotatable bonds is 1. The van der Waals surface area contributed by atoms with Crippen LogP contribution in [0.15, 0.2) is 24.3 Å². The van der Waals surface area contributed by atoms with Gasteiger partial charge in [-0.15, -0.1) is 0 Å². The van der Waals surface area contributed by atoms with Crippen molar-refractivity contribution in [1.29, 1.82) is 0 Å². The lowest BCUT2D eigenvalue weighted by Gasteiger charge is -2.32. The maximum atomic E-state index is 5.56. The van der Waals surface area contributed by atoms with Gasteiger partial charge in [-0.25, -0.2) is 0 Å². The zero-order valence-electron chi connectivity index (χ0n) is 10.1. The molecule has 1 aliphatic heterocycles. The van der Waals surface area contributed by atoms with E-state index in [1.165, 1.54) is 24.0 Å². The molecule has 0 N–H and O–H groups in total. The molecule has 1 nitrogen and oxygen atoms in total. The quantitative estimate of drug-likeness (QED) is 0.684. The van der Waals surface area contributed by atoms with Gasteiger partial charge in [0.25, 0.3) is 0 Å². The first-order valence-electron chi connectivity index (χ1n) is 6.03. The van der Waals surface area contributed by atoms with Crippen LogP contribution in [0.1, 0.15) is 30.9 Å². The Morgan fingerprint density at radius 3 is 2.62 bits per heavy atom. The fourth-order valence-electron chi connectivity index (χ4n) is 2.17. The molecule has 16 heavy (non-hydrogen) atoms. The summed E-state index contributed by atoms with van der Waals surface area (Å²) in [4.78, 5) is 3.38. The average Bonchev–Trinajstić information content (AvgIpc) is 2.29. The van der Waals surface area contributed by atoms with Crippen LogP contribution in [0.4, 0.5) is 0 Å². The Bertz CT molecular complexity index is 378. The first kappa shape index (κ1) is 11.6. The number of likely N-dealkylation sites (tertiary alicyclic amines) is 1. The summed E-state index contributed by atoms with van der Waals surface area (Å²) in [5, 5.41) is 0. The summed E-state index contributed by atoms with van der Waals surface area (Å²) in [5.74, 6) is 0.858. The van der Waals surface area contributed by atoms with Crippen LogP contribution in [0.2, 0.25) is 0 Å². The highest BCUT2D eigenvalue weighted by Gasteiger charge is 2.18. The van der Waals surface area contributed by atoms with Gasteiger partial charge in [-0.05, 0) is 31.7 Å². The first-order chi connectivity index (χ1) is 7.66. The highest BCUT2D eigenvalue weighted by atomic mass is 32.1. The second-order valence-electron chi connectivity index (χ2n) is 4.84. The van der Waals surface area contributed by atoms with Gasteiger partial charge in [-0.3, -0.25) is 0 Å². The SMILES string of the molecule is Cc1cccc(C(=S)N2CCC(C)CC2)c1. The van der Waals surface area contributed by atoms with Gasteiger partial charge in [-0.1, -0.05) is 42.9 Å². The fourth-order valence-corrected chi connectivity index (χ4v) is 2.48. The van der Waals surface area contributed by atoms with Crippen LogP contribution < -0.4 is 0 Å². The number of benzene rings is 1. The van der Waals surface area contributed by atoms with E-state index in [0.717, 1.165) is 24.0 Å². The highest BCUT2D eigenvalue weighted by molar-refractivity contribution is 7.80. The van der Waals surface area contributed by atoms with E-state index >= 15 is 0 Å². The van der Waals surface area contributed by atoms with E-state index in [-0.39, 0.29) is 0 Å². The number of hydrogen-bond acceptors (Lipinski definition) is 1. The molecule has 1 aromatic rings. The van der Waals surface area contributed by atoms with E-state index in [4.69, 9.17) is 12.2 Å². The minimum atomic E-state index is 0.858. The van der Waals surface area contributed by atoms with E-state index in [9.17, 15) is 0 Å². The lowest BCUT2D eigenvalue weighted by atomic mass is 9.98. The monoisotopic (exact) mass is 233 g/mol. The highest BCUT2D eigenvalue weighted by Crippen LogP contribution is 2.19. The van der Waals surface area contributed by atoms with Crippen molar-refractivity contribution in [2.24, 2.45) is 5.92 Å².